The van der Waals surface area contributed by atoms with Gasteiger partial charge in [-0.3, -0.25) is 9.69 Å². The van der Waals surface area contributed by atoms with Gasteiger partial charge in [-0.25, -0.2) is 4.79 Å². The number of nitrogens with zero attached hydrogens (tertiary/aromatic N) is 1. The maximum Gasteiger partial charge on any atom is 0.324 e. The van der Waals surface area contributed by atoms with Crippen molar-refractivity contribution in [2.45, 2.75) is 32.9 Å². The van der Waals surface area contributed by atoms with Crippen molar-refractivity contribution in [3.05, 3.63) is 35.9 Å². The lowest BCUT2D eigenvalue weighted by molar-refractivity contribution is -0.719. The molecule has 1 aromatic carbocycles. The maximum atomic E-state index is 12.4. The summed E-state index contributed by atoms with van der Waals surface area (Å²) in [7, 11) is 0. The van der Waals surface area contributed by atoms with Gasteiger partial charge in [0.2, 0.25) is 0 Å². The van der Waals surface area contributed by atoms with Crippen LogP contribution in [0.3, 0.4) is 0 Å². The molecular formula is C16H24N3O2+. The van der Waals surface area contributed by atoms with E-state index in [-0.39, 0.29) is 24.0 Å². The van der Waals surface area contributed by atoms with E-state index < -0.39 is 0 Å². The van der Waals surface area contributed by atoms with E-state index in [2.05, 4.69) is 36.6 Å². The van der Waals surface area contributed by atoms with E-state index in [1.807, 2.05) is 25.1 Å². The number of quaternary nitrogens is 1. The Kier molecular flexibility index (Phi) is 4.96. The normalized spacial score (nSPS) is 17.7. The lowest BCUT2D eigenvalue weighted by Crippen LogP contribution is -2.93. The van der Waals surface area contributed by atoms with Crippen LogP contribution >= 0.6 is 0 Å². The lowest BCUT2D eigenvalue weighted by Gasteiger charge is -2.24. The molecule has 5 heteroatoms. The topological polar surface area (TPSA) is 66.0 Å². The molecule has 21 heavy (non-hydrogen) atoms. The van der Waals surface area contributed by atoms with Gasteiger partial charge in [0.15, 0.2) is 6.04 Å². The number of rotatable bonds is 5. The zero-order valence-electron chi connectivity index (χ0n) is 12.9. The van der Waals surface area contributed by atoms with Crippen molar-refractivity contribution in [3.63, 3.8) is 0 Å². The second-order valence-electron chi connectivity index (χ2n) is 5.88. The highest BCUT2D eigenvalue weighted by Gasteiger charge is 2.33. The molecule has 0 unspecified atom stereocenters. The molecule has 1 saturated heterocycles. The number of imide groups is 1. The molecule has 1 heterocycles. The molecule has 0 aliphatic carbocycles. The van der Waals surface area contributed by atoms with E-state index in [1.54, 1.807) is 0 Å². The fourth-order valence-electron chi connectivity index (χ4n) is 2.71. The number of nitrogens with one attached hydrogen (secondary N) is 1. The number of hydrogen-bond acceptors (Lipinski definition) is 2. The van der Waals surface area contributed by atoms with Crippen molar-refractivity contribution in [1.82, 2.24) is 10.2 Å². The molecule has 0 spiro atoms. The van der Waals surface area contributed by atoms with Gasteiger partial charge in [0.1, 0.15) is 6.04 Å². The average molecular weight is 290 g/mol. The Morgan fingerprint density at radius 1 is 1.24 bits per heavy atom. The minimum absolute atomic E-state index is 0.119. The first-order valence-corrected chi connectivity index (χ1v) is 7.50. The van der Waals surface area contributed by atoms with Crippen molar-refractivity contribution in [1.29, 1.82) is 0 Å². The minimum Gasteiger partial charge on any atom is -0.336 e. The summed E-state index contributed by atoms with van der Waals surface area (Å²) in [6.07, 6.45) is 0. The fraction of sp³-hybridized carbons (Fsp3) is 0.500. The molecule has 3 amide bonds. The van der Waals surface area contributed by atoms with Gasteiger partial charge in [-0.15, -0.1) is 0 Å². The monoisotopic (exact) mass is 290 g/mol. The molecule has 114 valence electrons. The van der Waals surface area contributed by atoms with Crippen LogP contribution < -0.4 is 10.6 Å². The molecule has 1 aliphatic heterocycles. The van der Waals surface area contributed by atoms with Crippen molar-refractivity contribution in [2.75, 3.05) is 13.1 Å². The summed E-state index contributed by atoms with van der Waals surface area (Å²) >= 11 is 0. The highest BCUT2D eigenvalue weighted by atomic mass is 16.2. The number of amides is 3. The van der Waals surface area contributed by atoms with Gasteiger partial charge >= 0.3 is 6.03 Å². The van der Waals surface area contributed by atoms with Crippen LogP contribution in [0.5, 0.6) is 0 Å². The summed E-state index contributed by atoms with van der Waals surface area (Å²) in [5.41, 5.74) is 1.21. The number of urea groups is 1. The van der Waals surface area contributed by atoms with Crippen LogP contribution in [0.2, 0.25) is 0 Å². The van der Waals surface area contributed by atoms with Gasteiger partial charge in [-0.2, -0.15) is 0 Å². The van der Waals surface area contributed by atoms with Crippen LogP contribution in [0.1, 0.15) is 32.4 Å². The second kappa shape index (κ2) is 6.72. The molecule has 3 N–H and O–H groups in total. The Morgan fingerprint density at radius 3 is 2.43 bits per heavy atom. The number of hydrogen-bond donors (Lipinski definition) is 2. The molecule has 1 aliphatic rings. The third-order valence-electron chi connectivity index (χ3n) is 3.91. The summed E-state index contributed by atoms with van der Waals surface area (Å²) < 4.78 is 0. The highest BCUT2D eigenvalue weighted by molar-refractivity contribution is 5.97. The highest BCUT2D eigenvalue weighted by Crippen LogP contribution is 2.17. The van der Waals surface area contributed by atoms with Crippen molar-refractivity contribution in [3.8, 4) is 0 Å². The Hall–Kier alpha value is -1.88. The van der Waals surface area contributed by atoms with Gasteiger partial charge in [0.05, 0.1) is 0 Å². The molecule has 0 aromatic heterocycles. The van der Waals surface area contributed by atoms with Crippen LogP contribution in [0.25, 0.3) is 0 Å². The zero-order chi connectivity index (χ0) is 15.4. The Labute approximate surface area is 125 Å². The SMILES string of the molecule is CC(C)[C@@H]([NH2+][C@@H](C)C(=O)N1CCNC1=O)c1ccccc1. The Morgan fingerprint density at radius 2 is 1.90 bits per heavy atom. The van der Waals surface area contributed by atoms with E-state index in [0.29, 0.717) is 19.0 Å². The first kappa shape index (κ1) is 15.5. The second-order valence-corrected chi connectivity index (χ2v) is 5.88. The smallest absolute Gasteiger partial charge is 0.324 e. The molecule has 1 aromatic rings. The third-order valence-corrected chi connectivity index (χ3v) is 3.91. The van der Waals surface area contributed by atoms with Gasteiger partial charge in [0, 0.05) is 24.6 Å². The minimum atomic E-state index is -0.277. The number of carbonyl (C=O) groups is 2. The van der Waals surface area contributed by atoms with E-state index in [9.17, 15) is 9.59 Å². The predicted octanol–water partition coefficient (Wildman–Crippen LogP) is 0.887. The summed E-state index contributed by atoms with van der Waals surface area (Å²) in [5.74, 6) is 0.279. The number of benzene rings is 1. The zero-order valence-corrected chi connectivity index (χ0v) is 12.9. The molecule has 5 nitrogen and oxygen atoms in total. The molecule has 2 rings (SSSR count). The van der Waals surface area contributed by atoms with Crippen LogP contribution in [-0.2, 0) is 4.79 Å². The molecule has 2 atom stereocenters. The Bertz CT molecular complexity index is 502. The molecule has 0 radical (unpaired) electrons. The molecule has 0 bridgehead atoms. The fourth-order valence-corrected chi connectivity index (χ4v) is 2.71. The predicted molar refractivity (Wildman–Crippen MR) is 80.5 cm³/mol. The average Bonchev–Trinajstić information content (AvgIpc) is 2.90. The first-order valence-electron chi connectivity index (χ1n) is 7.50. The lowest BCUT2D eigenvalue weighted by atomic mass is 9.95. The summed E-state index contributed by atoms with van der Waals surface area (Å²) in [4.78, 5) is 25.3. The first-order chi connectivity index (χ1) is 10.0. The number of nitrogens with two attached hydrogens (primary N) is 1. The van der Waals surface area contributed by atoms with E-state index in [0.717, 1.165) is 0 Å². The van der Waals surface area contributed by atoms with Crippen molar-refractivity contribution < 1.29 is 14.9 Å². The van der Waals surface area contributed by atoms with E-state index in [4.69, 9.17) is 0 Å². The van der Waals surface area contributed by atoms with Gasteiger partial charge in [-0.05, 0) is 6.92 Å². The van der Waals surface area contributed by atoms with E-state index in [1.165, 1.54) is 10.5 Å². The molecule has 0 saturated carbocycles. The number of carbonyl (C=O) groups excluding carboxylic acids is 2. The van der Waals surface area contributed by atoms with Crippen molar-refractivity contribution >= 4 is 11.9 Å². The summed E-state index contributed by atoms with van der Waals surface area (Å²) in [6.45, 7) is 7.17. The van der Waals surface area contributed by atoms with Crippen LogP contribution in [0, 0.1) is 5.92 Å². The molecular weight excluding hydrogens is 266 g/mol. The third kappa shape index (κ3) is 3.61. The van der Waals surface area contributed by atoms with Crippen LogP contribution in [0.15, 0.2) is 30.3 Å². The largest absolute Gasteiger partial charge is 0.336 e. The quantitative estimate of drug-likeness (QED) is 0.845. The molecule has 1 fully saturated rings. The van der Waals surface area contributed by atoms with Crippen LogP contribution in [-0.4, -0.2) is 36.0 Å². The van der Waals surface area contributed by atoms with Crippen molar-refractivity contribution in [2.24, 2.45) is 5.92 Å². The maximum absolute atomic E-state index is 12.4. The summed E-state index contributed by atoms with van der Waals surface area (Å²) in [5, 5.41) is 4.73. The Balaban J connectivity index is 2.06. The van der Waals surface area contributed by atoms with E-state index >= 15 is 0 Å². The summed E-state index contributed by atoms with van der Waals surface area (Å²) in [6, 6.07) is 9.84. The standard InChI is InChI=1S/C16H23N3O2/c1-11(2)14(13-7-5-4-6-8-13)18-12(3)15(20)19-10-9-17-16(19)21/h4-8,11-12,14,18H,9-10H2,1-3H3,(H,17,21)/p+1/t12-,14+/m0/s1. The van der Waals surface area contributed by atoms with Gasteiger partial charge in [-0.1, -0.05) is 44.2 Å². The van der Waals surface area contributed by atoms with Crippen LogP contribution in [0.4, 0.5) is 4.79 Å². The van der Waals surface area contributed by atoms with Gasteiger partial charge < -0.3 is 10.6 Å². The van der Waals surface area contributed by atoms with Gasteiger partial charge in [0.25, 0.3) is 5.91 Å².